The van der Waals surface area contributed by atoms with Crippen LogP contribution in [0.3, 0.4) is 0 Å². The molecule has 2 N–H and O–H groups in total. The van der Waals surface area contributed by atoms with Crippen molar-refractivity contribution in [2.24, 2.45) is 5.73 Å². The fraction of sp³-hybridized carbons (Fsp3) is 0.0435. The molecule has 4 aromatic carbocycles. The van der Waals surface area contributed by atoms with E-state index in [0.29, 0.717) is 0 Å². The van der Waals surface area contributed by atoms with Crippen LogP contribution in [0.4, 0.5) is 0 Å². The van der Waals surface area contributed by atoms with Gasteiger partial charge in [0, 0.05) is 0 Å². The Morgan fingerprint density at radius 3 is 1.62 bits per heavy atom. The Hall–Kier alpha value is -2.90. The molecule has 0 aromatic heterocycles. The molecule has 0 radical (unpaired) electrons. The fourth-order valence-electron chi connectivity index (χ4n) is 3.45. The molecular formula is C23H19N. The van der Waals surface area contributed by atoms with Gasteiger partial charge in [0.2, 0.25) is 0 Å². The van der Waals surface area contributed by atoms with Crippen molar-refractivity contribution >= 4 is 10.8 Å². The second-order valence-corrected chi connectivity index (χ2v) is 6.07. The Labute approximate surface area is 142 Å². The van der Waals surface area contributed by atoms with E-state index < -0.39 is 5.54 Å². The summed E-state index contributed by atoms with van der Waals surface area (Å²) in [4.78, 5) is 0. The zero-order chi connectivity index (χ0) is 16.4. The van der Waals surface area contributed by atoms with Crippen LogP contribution in [0.1, 0.15) is 16.7 Å². The Morgan fingerprint density at radius 2 is 1.00 bits per heavy atom. The van der Waals surface area contributed by atoms with Crippen molar-refractivity contribution in [1.82, 2.24) is 0 Å². The predicted molar refractivity (Wildman–Crippen MR) is 101 cm³/mol. The van der Waals surface area contributed by atoms with Gasteiger partial charge in [-0.05, 0) is 27.5 Å². The van der Waals surface area contributed by atoms with Crippen molar-refractivity contribution in [2.45, 2.75) is 5.54 Å². The van der Waals surface area contributed by atoms with Crippen LogP contribution in [0.15, 0.2) is 103 Å². The lowest BCUT2D eigenvalue weighted by atomic mass is 9.76. The van der Waals surface area contributed by atoms with Gasteiger partial charge in [-0.15, -0.1) is 0 Å². The van der Waals surface area contributed by atoms with Crippen molar-refractivity contribution < 1.29 is 0 Å². The highest BCUT2D eigenvalue weighted by molar-refractivity contribution is 5.87. The van der Waals surface area contributed by atoms with Crippen LogP contribution in [0.5, 0.6) is 0 Å². The molecule has 24 heavy (non-hydrogen) atoms. The van der Waals surface area contributed by atoms with E-state index in [0.717, 1.165) is 16.7 Å². The van der Waals surface area contributed by atoms with Gasteiger partial charge in [0.05, 0.1) is 5.54 Å². The van der Waals surface area contributed by atoms with E-state index in [1.807, 2.05) is 36.4 Å². The second-order valence-electron chi connectivity index (χ2n) is 6.07. The first-order valence-corrected chi connectivity index (χ1v) is 8.18. The van der Waals surface area contributed by atoms with Crippen molar-refractivity contribution in [3.05, 3.63) is 120 Å². The molecule has 0 aliphatic carbocycles. The van der Waals surface area contributed by atoms with Gasteiger partial charge in [-0.3, -0.25) is 0 Å². The Bertz CT molecular complexity index is 914. The lowest BCUT2D eigenvalue weighted by Crippen LogP contribution is -2.39. The Morgan fingerprint density at radius 1 is 0.500 bits per heavy atom. The van der Waals surface area contributed by atoms with E-state index in [2.05, 4.69) is 66.7 Å². The van der Waals surface area contributed by atoms with E-state index in [9.17, 15) is 0 Å². The van der Waals surface area contributed by atoms with Crippen LogP contribution in [-0.2, 0) is 5.54 Å². The molecule has 4 rings (SSSR count). The normalized spacial score (nSPS) is 11.5. The lowest BCUT2D eigenvalue weighted by molar-refractivity contribution is 0.659. The first kappa shape index (κ1) is 14.7. The molecule has 1 nitrogen and oxygen atoms in total. The van der Waals surface area contributed by atoms with E-state index in [4.69, 9.17) is 5.73 Å². The van der Waals surface area contributed by atoms with E-state index in [1.165, 1.54) is 10.8 Å². The summed E-state index contributed by atoms with van der Waals surface area (Å²) in [5, 5.41) is 2.40. The summed E-state index contributed by atoms with van der Waals surface area (Å²) >= 11 is 0. The number of hydrogen-bond acceptors (Lipinski definition) is 1. The average Bonchev–Trinajstić information content (AvgIpc) is 2.68. The van der Waals surface area contributed by atoms with Crippen molar-refractivity contribution in [2.75, 3.05) is 0 Å². The summed E-state index contributed by atoms with van der Waals surface area (Å²) in [6.07, 6.45) is 0. The molecule has 0 bridgehead atoms. The van der Waals surface area contributed by atoms with Crippen LogP contribution in [0.2, 0.25) is 0 Å². The van der Waals surface area contributed by atoms with Gasteiger partial charge >= 0.3 is 0 Å². The summed E-state index contributed by atoms with van der Waals surface area (Å²) < 4.78 is 0. The SMILES string of the molecule is NC(c1ccccc1)(c1ccccc1)c1cccc2ccccc12. The van der Waals surface area contributed by atoms with Crippen molar-refractivity contribution in [1.29, 1.82) is 0 Å². The molecule has 0 aliphatic heterocycles. The Kier molecular flexibility index (Phi) is 3.64. The van der Waals surface area contributed by atoms with Crippen LogP contribution in [0, 0.1) is 0 Å². The molecule has 0 amide bonds. The maximum absolute atomic E-state index is 7.13. The maximum atomic E-state index is 7.13. The van der Waals surface area contributed by atoms with Crippen molar-refractivity contribution in [3.8, 4) is 0 Å². The Balaban J connectivity index is 2.07. The largest absolute Gasteiger partial charge is 0.314 e. The molecule has 0 unspecified atom stereocenters. The topological polar surface area (TPSA) is 26.0 Å². The van der Waals surface area contributed by atoms with Gasteiger partial charge in [-0.1, -0.05) is 103 Å². The monoisotopic (exact) mass is 309 g/mol. The minimum Gasteiger partial charge on any atom is -0.314 e. The van der Waals surface area contributed by atoms with E-state index in [-0.39, 0.29) is 0 Å². The van der Waals surface area contributed by atoms with Gasteiger partial charge in [0.15, 0.2) is 0 Å². The van der Waals surface area contributed by atoms with Gasteiger partial charge in [0.1, 0.15) is 0 Å². The summed E-state index contributed by atoms with van der Waals surface area (Å²) in [6, 6.07) is 35.4. The quantitative estimate of drug-likeness (QED) is 0.524. The molecule has 0 saturated carbocycles. The molecule has 116 valence electrons. The molecule has 0 spiro atoms. The lowest BCUT2D eigenvalue weighted by Gasteiger charge is -2.32. The molecule has 0 heterocycles. The third kappa shape index (κ3) is 2.31. The number of nitrogens with two attached hydrogens (primary N) is 1. The number of hydrogen-bond donors (Lipinski definition) is 1. The van der Waals surface area contributed by atoms with Crippen molar-refractivity contribution in [3.63, 3.8) is 0 Å². The highest BCUT2D eigenvalue weighted by atomic mass is 14.8. The van der Waals surface area contributed by atoms with E-state index in [1.54, 1.807) is 0 Å². The van der Waals surface area contributed by atoms with Crippen LogP contribution in [-0.4, -0.2) is 0 Å². The molecule has 0 saturated heterocycles. The highest BCUT2D eigenvalue weighted by Gasteiger charge is 2.32. The van der Waals surface area contributed by atoms with Gasteiger partial charge in [-0.25, -0.2) is 0 Å². The van der Waals surface area contributed by atoms with Gasteiger partial charge in [-0.2, -0.15) is 0 Å². The zero-order valence-electron chi connectivity index (χ0n) is 13.4. The molecular weight excluding hydrogens is 290 g/mol. The summed E-state index contributed by atoms with van der Waals surface area (Å²) in [6.45, 7) is 0. The summed E-state index contributed by atoms with van der Waals surface area (Å²) in [7, 11) is 0. The minimum atomic E-state index is -0.691. The fourth-order valence-corrected chi connectivity index (χ4v) is 3.45. The van der Waals surface area contributed by atoms with E-state index >= 15 is 0 Å². The third-order valence-electron chi connectivity index (χ3n) is 4.67. The zero-order valence-corrected chi connectivity index (χ0v) is 13.4. The summed E-state index contributed by atoms with van der Waals surface area (Å²) in [5.74, 6) is 0. The van der Waals surface area contributed by atoms with Gasteiger partial charge < -0.3 is 5.73 Å². The smallest absolute Gasteiger partial charge is 0.0928 e. The van der Waals surface area contributed by atoms with Crippen LogP contribution in [0.25, 0.3) is 10.8 Å². The molecule has 0 fully saturated rings. The first-order chi connectivity index (χ1) is 11.8. The average molecular weight is 309 g/mol. The molecule has 1 heteroatoms. The maximum Gasteiger partial charge on any atom is 0.0928 e. The standard InChI is InChI=1S/C23H19N/c24-23(19-12-3-1-4-13-19,20-14-5-2-6-15-20)22-17-9-11-18-10-7-8-16-21(18)22/h1-17H,24H2. The number of fused-ring (bicyclic) bond motifs is 1. The minimum absolute atomic E-state index is 0.691. The molecule has 4 aromatic rings. The second kappa shape index (κ2) is 5.95. The number of benzene rings is 4. The molecule has 0 aliphatic rings. The molecule has 0 atom stereocenters. The highest BCUT2D eigenvalue weighted by Crippen LogP contribution is 2.37. The third-order valence-corrected chi connectivity index (χ3v) is 4.67. The predicted octanol–water partition coefficient (Wildman–Crippen LogP) is 5.09. The summed E-state index contributed by atoms with van der Waals surface area (Å²) in [5.41, 5.74) is 9.74. The first-order valence-electron chi connectivity index (χ1n) is 8.18. The van der Waals surface area contributed by atoms with Crippen LogP contribution >= 0.6 is 0 Å². The van der Waals surface area contributed by atoms with Crippen LogP contribution < -0.4 is 5.73 Å². The number of rotatable bonds is 3. The van der Waals surface area contributed by atoms with Gasteiger partial charge in [0.25, 0.3) is 0 Å².